The number of nitrogens with zero attached hydrogens (tertiary/aromatic N) is 2. The first-order chi connectivity index (χ1) is 10.1. The van der Waals surface area contributed by atoms with Crippen LogP contribution in [-0.2, 0) is 5.41 Å². The lowest BCUT2D eigenvalue weighted by Crippen LogP contribution is -2.45. The summed E-state index contributed by atoms with van der Waals surface area (Å²) in [6.07, 6.45) is 2.76. The molecule has 1 aliphatic rings. The van der Waals surface area contributed by atoms with Gasteiger partial charge in [0.1, 0.15) is 0 Å². The second-order valence-electron chi connectivity index (χ2n) is 6.74. The Kier molecular flexibility index (Phi) is 6.22. The Labute approximate surface area is 130 Å². The molecule has 2 rings (SSSR count). The zero-order valence-corrected chi connectivity index (χ0v) is 13.9. The highest BCUT2D eigenvalue weighted by Crippen LogP contribution is 2.24. The summed E-state index contributed by atoms with van der Waals surface area (Å²) < 4.78 is 0. The highest BCUT2D eigenvalue weighted by atomic mass is 15.2. The molecule has 0 aliphatic carbocycles. The van der Waals surface area contributed by atoms with Crippen molar-refractivity contribution in [2.75, 3.05) is 53.4 Å². The average molecular weight is 289 g/mol. The van der Waals surface area contributed by atoms with Gasteiger partial charge in [-0.2, -0.15) is 0 Å². The van der Waals surface area contributed by atoms with E-state index >= 15 is 0 Å². The first kappa shape index (κ1) is 16.5. The van der Waals surface area contributed by atoms with Crippen LogP contribution in [0.2, 0.25) is 0 Å². The minimum absolute atomic E-state index is 0.162. The molecule has 1 aliphatic heterocycles. The fourth-order valence-corrected chi connectivity index (χ4v) is 3.47. The molecule has 1 aromatic carbocycles. The van der Waals surface area contributed by atoms with E-state index < -0.39 is 0 Å². The van der Waals surface area contributed by atoms with E-state index in [0.717, 1.165) is 19.6 Å². The highest BCUT2D eigenvalue weighted by molar-refractivity contribution is 5.25. The predicted molar refractivity (Wildman–Crippen MR) is 90.9 cm³/mol. The van der Waals surface area contributed by atoms with Crippen LogP contribution in [0.3, 0.4) is 0 Å². The van der Waals surface area contributed by atoms with E-state index in [1.807, 2.05) is 7.05 Å². The van der Waals surface area contributed by atoms with E-state index in [2.05, 4.69) is 59.4 Å². The van der Waals surface area contributed by atoms with Gasteiger partial charge in [0.05, 0.1) is 0 Å². The topological polar surface area (TPSA) is 18.5 Å². The van der Waals surface area contributed by atoms with Gasteiger partial charge in [-0.3, -0.25) is 0 Å². The van der Waals surface area contributed by atoms with E-state index in [9.17, 15) is 0 Å². The van der Waals surface area contributed by atoms with Crippen LogP contribution < -0.4 is 5.32 Å². The third-order valence-electron chi connectivity index (χ3n) is 4.65. The lowest BCUT2D eigenvalue weighted by molar-refractivity contribution is 0.217. The van der Waals surface area contributed by atoms with Gasteiger partial charge in [0.2, 0.25) is 0 Å². The molecule has 21 heavy (non-hydrogen) atoms. The van der Waals surface area contributed by atoms with Crippen molar-refractivity contribution in [2.24, 2.45) is 0 Å². The SMILES string of the molecule is CNCC(C)(CN(C)CCN1CCCC1)c1ccccc1. The second kappa shape index (κ2) is 7.92. The maximum Gasteiger partial charge on any atom is 0.0176 e. The van der Waals surface area contributed by atoms with Gasteiger partial charge in [-0.05, 0) is 45.6 Å². The number of likely N-dealkylation sites (N-methyl/N-ethyl adjacent to an activating group) is 2. The highest BCUT2D eigenvalue weighted by Gasteiger charge is 2.27. The van der Waals surface area contributed by atoms with Gasteiger partial charge in [-0.25, -0.2) is 0 Å². The zero-order chi connectivity index (χ0) is 15.1. The fraction of sp³-hybridized carbons (Fsp3) is 0.667. The zero-order valence-electron chi connectivity index (χ0n) is 13.9. The molecule has 1 N–H and O–H groups in total. The number of nitrogens with one attached hydrogen (secondary N) is 1. The third-order valence-corrected chi connectivity index (χ3v) is 4.65. The van der Waals surface area contributed by atoms with Crippen molar-refractivity contribution in [3.05, 3.63) is 35.9 Å². The number of hydrogen-bond donors (Lipinski definition) is 1. The van der Waals surface area contributed by atoms with Crippen molar-refractivity contribution in [3.63, 3.8) is 0 Å². The van der Waals surface area contributed by atoms with Gasteiger partial charge in [-0.15, -0.1) is 0 Å². The molecule has 1 fully saturated rings. The van der Waals surface area contributed by atoms with Gasteiger partial charge in [0.15, 0.2) is 0 Å². The largest absolute Gasteiger partial charge is 0.319 e. The van der Waals surface area contributed by atoms with Crippen LogP contribution in [0.5, 0.6) is 0 Å². The average Bonchev–Trinajstić information content (AvgIpc) is 3.00. The molecule has 3 nitrogen and oxygen atoms in total. The monoisotopic (exact) mass is 289 g/mol. The van der Waals surface area contributed by atoms with Gasteiger partial charge in [-0.1, -0.05) is 37.3 Å². The molecule has 0 saturated carbocycles. The van der Waals surface area contributed by atoms with E-state index in [0.29, 0.717) is 0 Å². The van der Waals surface area contributed by atoms with Crippen LogP contribution in [0.4, 0.5) is 0 Å². The summed E-state index contributed by atoms with van der Waals surface area (Å²) in [7, 11) is 4.30. The summed E-state index contributed by atoms with van der Waals surface area (Å²) in [4.78, 5) is 5.08. The minimum Gasteiger partial charge on any atom is -0.319 e. The van der Waals surface area contributed by atoms with Crippen LogP contribution in [0.25, 0.3) is 0 Å². The Morgan fingerprint density at radius 2 is 1.86 bits per heavy atom. The van der Waals surface area contributed by atoms with Crippen molar-refractivity contribution in [1.82, 2.24) is 15.1 Å². The van der Waals surface area contributed by atoms with Crippen LogP contribution in [0.1, 0.15) is 25.3 Å². The van der Waals surface area contributed by atoms with Gasteiger partial charge >= 0.3 is 0 Å². The van der Waals surface area contributed by atoms with Crippen molar-refractivity contribution in [2.45, 2.75) is 25.2 Å². The normalized spacial score (nSPS) is 19.0. The van der Waals surface area contributed by atoms with Gasteiger partial charge in [0.25, 0.3) is 0 Å². The lowest BCUT2D eigenvalue weighted by atomic mass is 9.82. The molecule has 1 aromatic rings. The smallest absolute Gasteiger partial charge is 0.0176 e. The van der Waals surface area contributed by atoms with Gasteiger partial charge < -0.3 is 15.1 Å². The molecular weight excluding hydrogens is 258 g/mol. The Morgan fingerprint density at radius 3 is 2.48 bits per heavy atom. The van der Waals surface area contributed by atoms with E-state index in [4.69, 9.17) is 0 Å². The fourth-order valence-electron chi connectivity index (χ4n) is 3.47. The quantitative estimate of drug-likeness (QED) is 0.791. The molecule has 1 heterocycles. The Balaban J connectivity index is 1.91. The molecule has 0 bridgehead atoms. The maximum absolute atomic E-state index is 3.37. The first-order valence-corrected chi connectivity index (χ1v) is 8.25. The molecule has 1 saturated heterocycles. The summed E-state index contributed by atoms with van der Waals surface area (Å²) in [5.74, 6) is 0. The molecule has 0 aromatic heterocycles. The summed E-state index contributed by atoms with van der Waals surface area (Å²) in [5.41, 5.74) is 1.59. The standard InChI is InChI=1S/C18H31N3/c1-18(15-19-2,17-9-5-4-6-10-17)16-20(3)13-14-21-11-7-8-12-21/h4-6,9-10,19H,7-8,11-16H2,1-3H3. The molecule has 0 radical (unpaired) electrons. The summed E-state index contributed by atoms with van der Waals surface area (Å²) in [5, 5.41) is 3.37. The van der Waals surface area contributed by atoms with Crippen LogP contribution in [0.15, 0.2) is 30.3 Å². The van der Waals surface area contributed by atoms with Crippen LogP contribution in [0, 0.1) is 0 Å². The number of hydrogen-bond acceptors (Lipinski definition) is 3. The molecule has 0 amide bonds. The summed E-state index contributed by atoms with van der Waals surface area (Å²) in [6.45, 7) is 9.41. The first-order valence-electron chi connectivity index (χ1n) is 8.25. The Hall–Kier alpha value is -0.900. The van der Waals surface area contributed by atoms with Gasteiger partial charge in [0, 0.05) is 31.6 Å². The van der Waals surface area contributed by atoms with E-state index in [-0.39, 0.29) is 5.41 Å². The predicted octanol–water partition coefficient (Wildman–Crippen LogP) is 2.19. The van der Waals surface area contributed by atoms with Crippen LogP contribution in [-0.4, -0.2) is 63.2 Å². The number of rotatable bonds is 8. The maximum atomic E-state index is 3.37. The van der Waals surface area contributed by atoms with E-state index in [1.165, 1.54) is 38.0 Å². The second-order valence-corrected chi connectivity index (χ2v) is 6.74. The molecule has 1 atom stereocenters. The van der Waals surface area contributed by atoms with Crippen molar-refractivity contribution >= 4 is 0 Å². The Bertz CT molecular complexity index is 400. The molecule has 118 valence electrons. The minimum atomic E-state index is 0.162. The number of likely N-dealkylation sites (tertiary alicyclic amines) is 1. The van der Waals surface area contributed by atoms with Crippen LogP contribution >= 0.6 is 0 Å². The third kappa shape index (κ3) is 4.80. The lowest BCUT2D eigenvalue weighted by Gasteiger charge is -2.35. The number of benzene rings is 1. The summed E-state index contributed by atoms with van der Waals surface area (Å²) >= 11 is 0. The molecular formula is C18H31N3. The van der Waals surface area contributed by atoms with Crippen molar-refractivity contribution in [1.29, 1.82) is 0 Å². The van der Waals surface area contributed by atoms with Crippen molar-refractivity contribution < 1.29 is 0 Å². The molecule has 3 heteroatoms. The Morgan fingerprint density at radius 1 is 1.19 bits per heavy atom. The van der Waals surface area contributed by atoms with E-state index in [1.54, 1.807) is 0 Å². The molecule has 0 spiro atoms. The van der Waals surface area contributed by atoms with Crippen molar-refractivity contribution in [3.8, 4) is 0 Å². The summed E-state index contributed by atoms with van der Waals surface area (Å²) in [6, 6.07) is 10.9. The molecule has 1 unspecified atom stereocenters.